The van der Waals surface area contributed by atoms with E-state index in [1.54, 1.807) is 0 Å². The fourth-order valence-corrected chi connectivity index (χ4v) is 2.78. The maximum Gasteiger partial charge on any atom is 0.0494 e. The lowest BCUT2D eigenvalue weighted by atomic mass is 10.1. The van der Waals surface area contributed by atoms with Gasteiger partial charge in [0.25, 0.3) is 0 Å². The first-order valence-electron chi connectivity index (χ1n) is 6.49. The van der Waals surface area contributed by atoms with E-state index in [-0.39, 0.29) is 6.04 Å². The zero-order chi connectivity index (χ0) is 13.4. The minimum absolute atomic E-state index is 0.113. The molecular weight excluding hydrogens is 256 g/mol. The van der Waals surface area contributed by atoms with Crippen molar-refractivity contribution in [1.29, 1.82) is 0 Å². The lowest BCUT2D eigenvalue weighted by Crippen LogP contribution is -2.23. The molecule has 1 atom stereocenters. The summed E-state index contributed by atoms with van der Waals surface area (Å²) >= 11 is 5.92. The Kier molecular flexibility index (Phi) is 3.21. The predicted molar refractivity (Wildman–Crippen MR) is 80.6 cm³/mol. The van der Waals surface area contributed by atoms with Crippen LogP contribution in [0.15, 0.2) is 42.5 Å². The maximum absolute atomic E-state index is 6.22. The molecule has 0 aliphatic carbocycles. The molecule has 19 heavy (non-hydrogen) atoms. The number of hydrogen-bond acceptors (Lipinski definition) is 2. The van der Waals surface area contributed by atoms with E-state index in [9.17, 15) is 0 Å². The Bertz CT molecular complexity index is 592. The number of benzene rings is 2. The van der Waals surface area contributed by atoms with E-state index in [1.165, 1.54) is 22.4 Å². The molecule has 0 spiro atoms. The van der Waals surface area contributed by atoms with E-state index in [1.807, 2.05) is 12.1 Å². The predicted octanol–water partition coefficient (Wildman–Crippen LogP) is 3.67. The zero-order valence-corrected chi connectivity index (χ0v) is 11.7. The van der Waals surface area contributed by atoms with Crippen molar-refractivity contribution in [2.45, 2.75) is 19.5 Å². The van der Waals surface area contributed by atoms with Crippen LogP contribution in [0.3, 0.4) is 0 Å². The number of nitrogens with zero attached hydrogens (tertiary/aromatic N) is 1. The van der Waals surface area contributed by atoms with Gasteiger partial charge in [-0.15, -0.1) is 0 Å². The van der Waals surface area contributed by atoms with Crippen molar-refractivity contribution in [3.8, 4) is 0 Å². The third-order valence-electron chi connectivity index (χ3n) is 3.63. The average Bonchev–Trinajstić information content (AvgIpc) is 2.69. The summed E-state index contributed by atoms with van der Waals surface area (Å²) in [6.07, 6.45) is 0. The summed E-state index contributed by atoms with van der Waals surface area (Å²) in [5, 5.41) is 0.776. The Morgan fingerprint density at radius 3 is 2.68 bits per heavy atom. The van der Waals surface area contributed by atoms with Gasteiger partial charge in [-0.25, -0.2) is 0 Å². The van der Waals surface area contributed by atoms with Crippen LogP contribution in [0.25, 0.3) is 0 Å². The number of anilines is 1. The van der Waals surface area contributed by atoms with E-state index in [2.05, 4.69) is 42.2 Å². The van der Waals surface area contributed by atoms with Crippen molar-refractivity contribution >= 4 is 17.3 Å². The molecule has 0 saturated heterocycles. The molecule has 2 nitrogen and oxygen atoms in total. The van der Waals surface area contributed by atoms with Gasteiger partial charge in [0.2, 0.25) is 0 Å². The van der Waals surface area contributed by atoms with Crippen LogP contribution in [0.4, 0.5) is 5.69 Å². The van der Waals surface area contributed by atoms with Gasteiger partial charge in [0.1, 0.15) is 0 Å². The van der Waals surface area contributed by atoms with Crippen LogP contribution in [0, 0.1) is 6.92 Å². The summed E-state index contributed by atoms with van der Waals surface area (Å²) in [6, 6.07) is 14.6. The minimum atomic E-state index is 0.113. The molecule has 2 aromatic rings. The zero-order valence-electron chi connectivity index (χ0n) is 10.9. The number of aryl methyl sites for hydroxylation is 1. The van der Waals surface area contributed by atoms with Gasteiger partial charge in [0.15, 0.2) is 0 Å². The highest BCUT2D eigenvalue weighted by Crippen LogP contribution is 2.35. The molecule has 0 bridgehead atoms. The number of rotatable bonds is 2. The second-order valence-electron chi connectivity index (χ2n) is 5.18. The van der Waals surface area contributed by atoms with Crippen LogP contribution in [0.1, 0.15) is 22.7 Å². The molecule has 2 aromatic carbocycles. The normalized spacial score (nSPS) is 17.6. The fourth-order valence-electron chi connectivity index (χ4n) is 2.65. The molecule has 0 unspecified atom stereocenters. The topological polar surface area (TPSA) is 29.3 Å². The molecule has 98 valence electrons. The molecule has 3 heteroatoms. The molecule has 3 rings (SSSR count). The van der Waals surface area contributed by atoms with E-state index < -0.39 is 0 Å². The second-order valence-corrected chi connectivity index (χ2v) is 5.61. The number of fused-ring (bicyclic) bond motifs is 1. The molecule has 0 radical (unpaired) electrons. The summed E-state index contributed by atoms with van der Waals surface area (Å²) in [4.78, 5) is 2.34. The van der Waals surface area contributed by atoms with E-state index in [0.717, 1.165) is 18.1 Å². The summed E-state index contributed by atoms with van der Waals surface area (Å²) < 4.78 is 0. The third kappa shape index (κ3) is 2.46. The lowest BCUT2D eigenvalue weighted by molar-refractivity contribution is 0.720. The highest BCUT2D eigenvalue weighted by Gasteiger charge is 2.25. The summed E-state index contributed by atoms with van der Waals surface area (Å²) in [6.45, 7) is 3.86. The molecule has 0 saturated carbocycles. The largest absolute Gasteiger partial charge is 0.365 e. The van der Waals surface area contributed by atoms with E-state index in [0.29, 0.717) is 0 Å². The van der Waals surface area contributed by atoms with E-state index >= 15 is 0 Å². The van der Waals surface area contributed by atoms with Crippen molar-refractivity contribution < 1.29 is 0 Å². The first kappa shape index (κ1) is 12.5. The van der Waals surface area contributed by atoms with Gasteiger partial charge >= 0.3 is 0 Å². The van der Waals surface area contributed by atoms with Crippen molar-refractivity contribution in [1.82, 2.24) is 0 Å². The first-order chi connectivity index (χ1) is 9.13. The van der Waals surface area contributed by atoms with Crippen LogP contribution in [0.2, 0.25) is 5.02 Å². The first-order valence-corrected chi connectivity index (χ1v) is 6.87. The van der Waals surface area contributed by atoms with Crippen molar-refractivity contribution in [2.24, 2.45) is 5.73 Å². The van der Waals surface area contributed by atoms with Crippen LogP contribution in [0.5, 0.6) is 0 Å². The van der Waals surface area contributed by atoms with Crippen molar-refractivity contribution in [3.63, 3.8) is 0 Å². The fraction of sp³-hybridized carbons (Fsp3) is 0.250. The van der Waals surface area contributed by atoms with Gasteiger partial charge in [-0.05, 0) is 36.2 Å². The standard InChI is InChI=1S/C16H17ClN2/c1-11-2-7-16-14(8-11)15(18)10-19(16)9-12-3-5-13(17)6-4-12/h2-8,15H,9-10,18H2,1H3/t15-/m0/s1. The molecule has 2 N–H and O–H groups in total. The molecule has 0 fully saturated rings. The van der Waals surface area contributed by atoms with Gasteiger partial charge in [-0.1, -0.05) is 41.4 Å². The van der Waals surface area contributed by atoms with Gasteiger partial charge < -0.3 is 10.6 Å². The average molecular weight is 273 g/mol. The summed E-state index contributed by atoms with van der Waals surface area (Å²) in [5.41, 5.74) is 11.3. The van der Waals surface area contributed by atoms with Gasteiger partial charge in [0, 0.05) is 29.8 Å². The molecular formula is C16H17ClN2. The van der Waals surface area contributed by atoms with Crippen LogP contribution < -0.4 is 10.6 Å². The second kappa shape index (κ2) is 4.87. The molecule has 1 heterocycles. The van der Waals surface area contributed by atoms with Crippen LogP contribution in [-0.2, 0) is 6.54 Å². The monoisotopic (exact) mass is 272 g/mol. The smallest absolute Gasteiger partial charge is 0.0494 e. The Hall–Kier alpha value is -1.51. The molecule has 1 aliphatic rings. The minimum Gasteiger partial charge on any atom is -0.365 e. The SMILES string of the molecule is Cc1ccc2c(c1)[C@@H](N)CN2Cc1ccc(Cl)cc1. The summed E-state index contributed by atoms with van der Waals surface area (Å²) in [5.74, 6) is 0. The van der Waals surface area contributed by atoms with Crippen molar-refractivity contribution in [3.05, 3.63) is 64.2 Å². The molecule has 0 aromatic heterocycles. The lowest BCUT2D eigenvalue weighted by Gasteiger charge is -2.19. The Morgan fingerprint density at radius 1 is 1.21 bits per heavy atom. The van der Waals surface area contributed by atoms with Crippen LogP contribution in [-0.4, -0.2) is 6.54 Å². The van der Waals surface area contributed by atoms with Gasteiger partial charge in [0.05, 0.1) is 0 Å². The molecule has 0 amide bonds. The van der Waals surface area contributed by atoms with Gasteiger partial charge in [-0.2, -0.15) is 0 Å². The van der Waals surface area contributed by atoms with E-state index in [4.69, 9.17) is 17.3 Å². The highest BCUT2D eigenvalue weighted by atomic mass is 35.5. The summed E-state index contributed by atoms with van der Waals surface area (Å²) in [7, 11) is 0. The van der Waals surface area contributed by atoms with Crippen molar-refractivity contribution in [2.75, 3.05) is 11.4 Å². The van der Waals surface area contributed by atoms with Gasteiger partial charge in [-0.3, -0.25) is 0 Å². The molecule has 1 aliphatic heterocycles. The highest BCUT2D eigenvalue weighted by molar-refractivity contribution is 6.30. The Morgan fingerprint density at radius 2 is 1.95 bits per heavy atom. The number of hydrogen-bond donors (Lipinski definition) is 1. The number of halogens is 1. The third-order valence-corrected chi connectivity index (χ3v) is 3.88. The Labute approximate surface area is 118 Å². The Balaban J connectivity index is 1.86. The quantitative estimate of drug-likeness (QED) is 0.904. The number of nitrogens with two attached hydrogens (primary N) is 1. The maximum atomic E-state index is 6.22. The van der Waals surface area contributed by atoms with Crippen LogP contribution >= 0.6 is 11.6 Å².